The molecule has 1 aliphatic rings. The van der Waals surface area contributed by atoms with Gasteiger partial charge in [-0.3, -0.25) is 0 Å². The lowest BCUT2D eigenvalue weighted by Gasteiger charge is -2.41. The Morgan fingerprint density at radius 3 is 2.74 bits per heavy atom. The molecule has 1 aromatic rings. The van der Waals surface area contributed by atoms with Crippen molar-refractivity contribution in [3.8, 4) is 11.5 Å². The highest BCUT2D eigenvalue weighted by atomic mass is 28.4. The zero-order chi connectivity index (χ0) is 16.7. The summed E-state index contributed by atoms with van der Waals surface area (Å²) >= 11 is 0. The molecule has 1 N–H and O–H groups in total. The minimum absolute atomic E-state index is 0.203. The van der Waals surface area contributed by atoms with E-state index in [0.717, 1.165) is 44.8 Å². The van der Waals surface area contributed by atoms with Crippen molar-refractivity contribution in [2.75, 3.05) is 6.61 Å². The quantitative estimate of drug-likeness (QED) is 0.695. The van der Waals surface area contributed by atoms with Gasteiger partial charge in [0.2, 0.25) is 0 Å². The third-order valence-electron chi connectivity index (χ3n) is 4.40. The van der Waals surface area contributed by atoms with E-state index in [1.54, 1.807) is 18.2 Å². The average Bonchev–Trinajstić information content (AvgIpc) is 2.54. The molecule has 23 heavy (non-hydrogen) atoms. The van der Waals surface area contributed by atoms with Crippen LogP contribution < -0.4 is 4.43 Å². The van der Waals surface area contributed by atoms with E-state index in [1.807, 2.05) is 6.07 Å². The second-order valence-corrected chi connectivity index (χ2v) is 8.90. The highest BCUT2D eigenvalue weighted by Crippen LogP contribution is 2.34. The SMILES string of the molecule is CCCC[Si]1(Oc2cccc(O)c2)OC[C@H](CC)[C@H](CCC)O1. The van der Waals surface area contributed by atoms with Gasteiger partial charge in [0.25, 0.3) is 0 Å². The molecule has 1 aromatic carbocycles. The van der Waals surface area contributed by atoms with E-state index >= 15 is 0 Å². The molecule has 1 fully saturated rings. The third kappa shape index (κ3) is 4.96. The fraction of sp³-hybridized carbons (Fsp3) is 0.667. The number of hydrogen-bond donors (Lipinski definition) is 1. The third-order valence-corrected chi connectivity index (χ3v) is 7.18. The normalized spacial score (nSPS) is 27.8. The minimum Gasteiger partial charge on any atom is -0.508 e. The van der Waals surface area contributed by atoms with Gasteiger partial charge in [0.1, 0.15) is 11.5 Å². The van der Waals surface area contributed by atoms with Crippen molar-refractivity contribution >= 4 is 8.80 Å². The fourth-order valence-corrected chi connectivity index (χ4v) is 6.07. The van der Waals surface area contributed by atoms with Gasteiger partial charge in [0, 0.05) is 24.6 Å². The van der Waals surface area contributed by atoms with Gasteiger partial charge in [-0.2, -0.15) is 0 Å². The summed E-state index contributed by atoms with van der Waals surface area (Å²) in [5, 5.41) is 9.67. The molecule has 0 radical (unpaired) electrons. The van der Waals surface area contributed by atoms with Crippen LogP contribution in [0.25, 0.3) is 0 Å². The van der Waals surface area contributed by atoms with Crippen molar-refractivity contribution in [3.05, 3.63) is 24.3 Å². The number of benzene rings is 1. The van der Waals surface area contributed by atoms with Crippen molar-refractivity contribution in [2.45, 2.75) is 65.0 Å². The van der Waals surface area contributed by atoms with Gasteiger partial charge in [-0.25, -0.2) is 0 Å². The summed E-state index contributed by atoms with van der Waals surface area (Å²) in [7, 11) is -2.74. The Morgan fingerprint density at radius 1 is 1.26 bits per heavy atom. The number of phenols is 1. The fourth-order valence-electron chi connectivity index (χ4n) is 3.02. The summed E-state index contributed by atoms with van der Waals surface area (Å²) in [6, 6.07) is 7.74. The summed E-state index contributed by atoms with van der Waals surface area (Å²) in [5.41, 5.74) is 0. The van der Waals surface area contributed by atoms with Crippen LogP contribution in [-0.2, 0) is 8.85 Å². The van der Waals surface area contributed by atoms with E-state index < -0.39 is 8.80 Å². The average molecular weight is 339 g/mol. The molecule has 130 valence electrons. The van der Waals surface area contributed by atoms with Crippen LogP contribution in [0.3, 0.4) is 0 Å². The number of unbranched alkanes of at least 4 members (excludes halogenated alkanes) is 1. The predicted octanol–water partition coefficient (Wildman–Crippen LogP) is 4.75. The lowest BCUT2D eigenvalue weighted by atomic mass is 9.97. The second kappa shape index (κ2) is 8.71. The lowest BCUT2D eigenvalue weighted by Crippen LogP contribution is -2.57. The molecule has 1 aliphatic heterocycles. The number of hydrogen-bond acceptors (Lipinski definition) is 4. The van der Waals surface area contributed by atoms with Crippen LogP contribution in [0.2, 0.25) is 6.04 Å². The summed E-state index contributed by atoms with van der Waals surface area (Å²) in [4.78, 5) is 0. The Bertz CT molecular complexity index is 482. The summed E-state index contributed by atoms with van der Waals surface area (Å²) < 4.78 is 18.9. The zero-order valence-electron chi connectivity index (χ0n) is 14.6. The molecule has 1 saturated heterocycles. The van der Waals surface area contributed by atoms with Crippen molar-refractivity contribution in [1.29, 1.82) is 0 Å². The maximum atomic E-state index is 9.67. The molecule has 0 spiro atoms. The summed E-state index contributed by atoms with van der Waals surface area (Å²) in [5.74, 6) is 1.29. The zero-order valence-corrected chi connectivity index (χ0v) is 15.6. The van der Waals surface area contributed by atoms with Gasteiger partial charge >= 0.3 is 8.80 Å². The van der Waals surface area contributed by atoms with Crippen molar-refractivity contribution in [1.82, 2.24) is 0 Å². The van der Waals surface area contributed by atoms with E-state index in [-0.39, 0.29) is 11.9 Å². The van der Waals surface area contributed by atoms with Crippen molar-refractivity contribution in [2.24, 2.45) is 5.92 Å². The molecule has 3 atom stereocenters. The molecular weight excluding hydrogens is 308 g/mol. The smallest absolute Gasteiger partial charge is 0.508 e. The van der Waals surface area contributed by atoms with Crippen LogP contribution in [0, 0.1) is 5.92 Å². The van der Waals surface area contributed by atoms with Crippen LogP contribution in [0.5, 0.6) is 11.5 Å². The van der Waals surface area contributed by atoms with Crippen molar-refractivity contribution < 1.29 is 18.4 Å². The molecule has 5 heteroatoms. The molecular formula is C18H30O4Si. The highest BCUT2D eigenvalue weighted by molar-refractivity contribution is 6.61. The maximum absolute atomic E-state index is 9.67. The first-order valence-electron chi connectivity index (χ1n) is 8.92. The van der Waals surface area contributed by atoms with Crippen molar-refractivity contribution in [3.63, 3.8) is 0 Å². The summed E-state index contributed by atoms with van der Waals surface area (Å²) in [6.07, 6.45) is 5.55. The van der Waals surface area contributed by atoms with E-state index in [0.29, 0.717) is 11.7 Å². The van der Waals surface area contributed by atoms with Gasteiger partial charge < -0.3 is 18.4 Å². The Hall–Kier alpha value is -1.04. The molecule has 0 bridgehead atoms. The van der Waals surface area contributed by atoms with Crippen LogP contribution in [0.15, 0.2) is 24.3 Å². The largest absolute Gasteiger partial charge is 0.566 e. The first-order chi connectivity index (χ1) is 11.1. The summed E-state index contributed by atoms with van der Waals surface area (Å²) in [6.45, 7) is 7.27. The molecule has 4 nitrogen and oxygen atoms in total. The minimum atomic E-state index is -2.74. The highest BCUT2D eigenvalue weighted by Gasteiger charge is 2.50. The van der Waals surface area contributed by atoms with Crippen LogP contribution in [-0.4, -0.2) is 26.6 Å². The Balaban J connectivity index is 2.17. The van der Waals surface area contributed by atoms with Crippen LogP contribution in [0.1, 0.15) is 52.9 Å². The Labute approximate surface area is 141 Å². The standard InChI is InChI=1S/C18H30O4Si/c1-4-7-12-23(21-17-11-8-10-16(19)13-17)20-14-15(6-3)18(22-23)9-5-2/h8,10-11,13,15,18-19H,4-7,9,12,14H2,1-3H3/t15-,18-,23?/m0/s1. The van der Waals surface area contributed by atoms with E-state index in [9.17, 15) is 5.11 Å². The van der Waals surface area contributed by atoms with Gasteiger partial charge in [-0.15, -0.1) is 0 Å². The van der Waals surface area contributed by atoms with E-state index in [2.05, 4.69) is 20.8 Å². The Kier molecular flexibility index (Phi) is 6.93. The van der Waals surface area contributed by atoms with Gasteiger partial charge in [-0.05, 0) is 31.4 Å². The number of rotatable bonds is 8. The molecule has 1 heterocycles. The molecule has 0 aromatic heterocycles. The van der Waals surface area contributed by atoms with E-state index in [1.165, 1.54) is 0 Å². The van der Waals surface area contributed by atoms with Gasteiger partial charge in [-0.1, -0.05) is 39.7 Å². The monoisotopic (exact) mass is 338 g/mol. The second-order valence-electron chi connectivity index (χ2n) is 6.31. The molecule has 1 unspecified atom stereocenters. The molecule has 2 rings (SSSR count). The van der Waals surface area contributed by atoms with Crippen LogP contribution >= 0.6 is 0 Å². The maximum Gasteiger partial charge on any atom is 0.566 e. The number of phenolic OH excluding ortho intramolecular Hbond substituents is 1. The molecule has 0 amide bonds. The molecule has 0 aliphatic carbocycles. The van der Waals surface area contributed by atoms with Crippen LogP contribution in [0.4, 0.5) is 0 Å². The lowest BCUT2D eigenvalue weighted by molar-refractivity contribution is -0.0413. The van der Waals surface area contributed by atoms with E-state index in [4.69, 9.17) is 13.3 Å². The predicted molar refractivity (Wildman–Crippen MR) is 93.7 cm³/mol. The van der Waals surface area contributed by atoms with Gasteiger partial charge in [0.05, 0.1) is 6.10 Å². The van der Waals surface area contributed by atoms with Gasteiger partial charge in [0.15, 0.2) is 0 Å². The first-order valence-corrected chi connectivity index (χ1v) is 10.9. The topological polar surface area (TPSA) is 47.9 Å². The molecule has 0 saturated carbocycles. The first kappa shape index (κ1) is 18.3. The Morgan fingerprint density at radius 2 is 2.09 bits per heavy atom. The number of aromatic hydroxyl groups is 1.